The van der Waals surface area contributed by atoms with E-state index in [1.807, 2.05) is 4.90 Å². The standard InChI is InChI=1S/C16H26N2O3/c19-15(20)4-2-11-5-7-18(8-6-11)16(21)17-14-10-12-1-3-13(14)9-12/h11-14H,1-10H2,(H,17,21)(H,19,20). The third-order valence-corrected chi connectivity index (χ3v) is 5.72. The largest absolute Gasteiger partial charge is 0.481 e. The minimum Gasteiger partial charge on any atom is -0.481 e. The van der Waals surface area contributed by atoms with Crippen molar-refractivity contribution in [3.05, 3.63) is 0 Å². The molecule has 2 amide bonds. The van der Waals surface area contributed by atoms with Gasteiger partial charge in [0.2, 0.25) is 0 Å². The number of nitrogens with one attached hydrogen (secondary N) is 1. The number of nitrogens with zero attached hydrogens (tertiary/aromatic N) is 1. The lowest BCUT2D eigenvalue weighted by Gasteiger charge is -2.34. The number of aliphatic carboxylic acids is 1. The molecule has 118 valence electrons. The topological polar surface area (TPSA) is 69.6 Å². The maximum Gasteiger partial charge on any atom is 0.317 e. The fourth-order valence-electron chi connectivity index (χ4n) is 4.42. The van der Waals surface area contributed by atoms with Crippen molar-refractivity contribution in [1.29, 1.82) is 0 Å². The minimum absolute atomic E-state index is 0.101. The van der Waals surface area contributed by atoms with Gasteiger partial charge >= 0.3 is 12.0 Å². The van der Waals surface area contributed by atoms with Gasteiger partial charge in [-0.25, -0.2) is 4.79 Å². The average Bonchev–Trinajstić information content (AvgIpc) is 3.08. The van der Waals surface area contributed by atoms with Crippen LogP contribution in [0.2, 0.25) is 0 Å². The molecular weight excluding hydrogens is 268 g/mol. The zero-order chi connectivity index (χ0) is 14.8. The summed E-state index contributed by atoms with van der Waals surface area (Å²) < 4.78 is 0. The molecule has 0 radical (unpaired) electrons. The number of urea groups is 1. The van der Waals surface area contributed by atoms with Crippen molar-refractivity contribution >= 4 is 12.0 Å². The number of likely N-dealkylation sites (tertiary alicyclic amines) is 1. The van der Waals surface area contributed by atoms with E-state index in [1.165, 1.54) is 25.7 Å². The molecule has 3 fully saturated rings. The lowest BCUT2D eigenvalue weighted by Crippen LogP contribution is -2.49. The van der Waals surface area contributed by atoms with Crippen LogP contribution in [0.3, 0.4) is 0 Å². The van der Waals surface area contributed by atoms with Crippen molar-refractivity contribution in [2.24, 2.45) is 17.8 Å². The summed E-state index contributed by atoms with van der Waals surface area (Å²) in [5.41, 5.74) is 0. The molecule has 1 heterocycles. The van der Waals surface area contributed by atoms with Crippen LogP contribution in [-0.4, -0.2) is 41.1 Å². The van der Waals surface area contributed by atoms with E-state index in [9.17, 15) is 9.59 Å². The van der Waals surface area contributed by atoms with Gasteiger partial charge in [0.15, 0.2) is 0 Å². The van der Waals surface area contributed by atoms with Gasteiger partial charge in [-0.2, -0.15) is 0 Å². The van der Waals surface area contributed by atoms with Crippen LogP contribution in [0.15, 0.2) is 0 Å². The van der Waals surface area contributed by atoms with Gasteiger partial charge in [0.1, 0.15) is 0 Å². The van der Waals surface area contributed by atoms with Gasteiger partial charge in [0.25, 0.3) is 0 Å². The Morgan fingerprint density at radius 3 is 2.43 bits per heavy atom. The van der Waals surface area contributed by atoms with Crippen molar-refractivity contribution in [3.63, 3.8) is 0 Å². The maximum atomic E-state index is 12.3. The second-order valence-electron chi connectivity index (χ2n) is 7.09. The minimum atomic E-state index is -0.716. The number of carboxylic acid groups (broad SMARTS) is 1. The van der Waals surface area contributed by atoms with Gasteiger partial charge < -0.3 is 15.3 Å². The summed E-state index contributed by atoms with van der Waals surface area (Å²) in [6.45, 7) is 1.55. The second kappa shape index (κ2) is 6.24. The summed E-state index contributed by atoms with van der Waals surface area (Å²) in [6.07, 6.45) is 8.00. The molecule has 5 nitrogen and oxygen atoms in total. The predicted octanol–water partition coefficient (Wildman–Crippen LogP) is 2.46. The van der Waals surface area contributed by atoms with Crippen molar-refractivity contribution in [2.45, 2.75) is 57.4 Å². The monoisotopic (exact) mass is 294 g/mol. The molecule has 3 unspecified atom stereocenters. The highest BCUT2D eigenvalue weighted by atomic mass is 16.4. The van der Waals surface area contributed by atoms with Crippen LogP contribution in [0.1, 0.15) is 51.4 Å². The quantitative estimate of drug-likeness (QED) is 0.837. The molecule has 21 heavy (non-hydrogen) atoms. The number of carboxylic acids is 1. The van der Waals surface area contributed by atoms with E-state index in [0.29, 0.717) is 17.9 Å². The molecule has 3 aliphatic rings. The van der Waals surface area contributed by atoms with E-state index in [4.69, 9.17) is 5.11 Å². The molecule has 0 spiro atoms. The Morgan fingerprint density at radius 1 is 1.10 bits per heavy atom. The van der Waals surface area contributed by atoms with E-state index in [1.54, 1.807) is 0 Å². The highest BCUT2D eigenvalue weighted by Gasteiger charge is 2.40. The molecule has 1 aliphatic heterocycles. The van der Waals surface area contributed by atoms with Crippen LogP contribution in [0.25, 0.3) is 0 Å². The Morgan fingerprint density at radius 2 is 1.86 bits per heavy atom. The number of hydrogen-bond donors (Lipinski definition) is 2. The first-order valence-electron chi connectivity index (χ1n) is 8.39. The molecule has 2 bridgehead atoms. The van der Waals surface area contributed by atoms with Gasteiger partial charge in [0.05, 0.1) is 0 Å². The molecule has 2 saturated carbocycles. The number of amides is 2. The summed E-state index contributed by atoms with van der Waals surface area (Å²) in [5.74, 6) is 1.31. The fourth-order valence-corrected chi connectivity index (χ4v) is 4.42. The second-order valence-corrected chi connectivity index (χ2v) is 7.09. The van der Waals surface area contributed by atoms with Gasteiger partial charge in [-0.3, -0.25) is 4.79 Å². The van der Waals surface area contributed by atoms with Crippen LogP contribution in [0.5, 0.6) is 0 Å². The summed E-state index contributed by atoms with van der Waals surface area (Å²) >= 11 is 0. The molecule has 3 atom stereocenters. The summed E-state index contributed by atoms with van der Waals surface area (Å²) in [6, 6.07) is 0.505. The van der Waals surface area contributed by atoms with Crippen LogP contribution in [-0.2, 0) is 4.79 Å². The van der Waals surface area contributed by atoms with E-state index < -0.39 is 5.97 Å². The van der Waals surface area contributed by atoms with Crippen molar-refractivity contribution < 1.29 is 14.7 Å². The van der Waals surface area contributed by atoms with Gasteiger partial charge in [-0.05, 0) is 56.3 Å². The summed E-state index contributed by atoms with van der Waals surface area (Å²) in [4.78, 5) is 24.8. The lowest BCUT2D eigenvalue weighted by atomic mass is 9.92. The molecule has 3 rings (SSSR count). The van der Waals surface area contributed by atoms with Gasteiger partial charge in [0, 0.05) is 25.6 Å². The third-order valence-electron chi connectivity index (χ3n) is 5.72. The van der Waals surface area contributed by atoms with Crippen molar-refractivity contribution in [2.75, 3.05) is 13.1 Å². The molecular formula is C16H26N2O3. The molecule has 1 saturated heterocycles. The van der Waals surface area contributed by atoms with E-state index in [-0.39, 0.29) is 12.5 Å². The first kappa shape index (κ1) is 14.7. The maximum absolute atomic E-state index is 12.3. The normalized spacial score (nSPS) is 32.4. The lowest BCUT2D eigenvalue weighted by molar-refractivity contribution is -0.137. The highest BCUT2D eigenvalue weighted by molar-refractivity contribution is 5.74. The van der Waals surface area contributed by atoms with Gasteiger partial charge in [-0.15, -0.1) is 0 Å². The molecule has 0 aromatic rings. The zero-order valence-electron chi connectivity index (χ0n) is 12.6. The fraction of sp³-hybridized carbons (Fsp3) is 0.875. The van der Waals surface area contributed by atoms with Crippen molar-refractivity contribution in [3.8, 4) is 0 Å². The number of carbonyl (C=O) groups excluding carboxylic acids is 1. The number of rotatable bonds is 4. The number of fused-ring (bicyclic) bond motifs is 2. The Balaban J connectivity index is 1.40. The van der Waals surface area contributed by atoms with E-state index in [2.05, 4.69) is 5.32 Å². The summed E-state index contributed by atoms with van der Waals surface area (Å²) in [7, 11) is 0. The van der Waals surface area contributed by atoms with E-state index in [0.717, 1.165) is 38.3 Å². The number of carbonyl (C=O) groups is 2. The number of piperidine rings is 1. The third kappa shape index (κ3) is 3.50. The first-order valence-corrected chi connectivity index (χ1v) is 8.39. The average molecular weight is 294 g/mol. The highest BCUT2D eigenvalue weighted by Crippen LogP contribution is 2.44. The molecule has 2 N–H and O–H groups in total. The molecule has 5 heteroatoms. The van der Waals surface area contributed by atoms with Crippen LogP contribution in [0, 0.1) is 17.8 Å². The van der Waals surface area contributed by atoms with Crippen LogP contribution < -0.4 is 5.32 Å². The molecule has 0 aromatic carbocycles. The smallest absolute Gasteiger partial charge is 0.317 e. The van der Waals surface area contributed by atoms with Crippen molar-refractivity contribution in [1.82, 2.24) is 10.2 Å². The van der Waals surface area contributed by atoms with Gasteiger partial charge in [-0.1, -0.05) is 6.42 Å². The summed E-state index contributed by atoms with van der Waals surface area (Å²) in [5, 5.41) is 12.0. The predicted molar refractivity (Wildman–Crippen MR) is 78.9 cm³/mol. The first-order chi connectivity index (χ1) is 10.1. The Labute approximate surface area is 126 Å². The molecule has 2 aliphatic carbocycles. The van der Waals surface area contributed by atoms with E-state index >= 15 is 0 Å². The Kier molecular flexibility index (Phi) is 4.36. The number of hydrogen-bond acceptors (Lipinski definition) is 2. The SMILES string of the molecule is O=C(O)CCC1CCN(C(=O)NC2CC3CCC2C3)CC1. The molecule has 0 aromatic heterocycles. The Hall–Kier alpha value is -1.26. The van der Waals surface area contributed by atoms with Crippen LogP contribution in [0.4, 0.5) is 4.79 Å². The zero-order valence-corrected chi connectivity index (χ0v) is 12.6. The van der Waals surface area contributed by atoms with Crippen LogP contribution >= 0.6 is 0 Å². The Bertz CT molecular complexity index is 404.